The van der Waals surface area contributed by atoms with Crippen molar-refractivity contribution in [3.8, 4) is 0 Å². The lowest BCUT2D eigenvalue weighted by molar-refractivity contribution is -0.143. The lowest BCUT2D eigenvalue weighted by Gasteiger charge is -2.13. The van der Waals surface area contributed by atoms with Crippen molar-refractivity contribution < 1.29 is 9.53 Å². The molecule has 0 fully saturated rings. The second-order valence-corrected chi connectivity index (χ2v) is 4.52. The summed E-state index contributed by atoms with van der Waals surface area (Å²) < 4.78 is 5.01. The predicted molar refractivity (Wildman–Crippen MR) is 66.2 cm³/mol. The monoisotopic (exact) mass is 224 g/mol. The molecule has 0 saturated carbocycles. The maximum atomic E-state index is 11.4. The van der Waals surface area contributed by atoms with Gasteiger partial charge in [0.1, 0.15) is 0 Å². The molecule has 0 amide bonds. The van der Waals surface area contributed by atoms with E-state index >= 15 is 0 Å². The van der Waals surface area contributed by atoms with E-state index in [2.05, 4.69) is 13.0 Å². The molecule has 0 aromatic heterocycles. The third-order valence-corrected chi connectivity index (χ3v) is 3.23. The summed E-state index contributed by atoms with van der Waals surface area (Å²) in [5.41, 5.74) is 1.50. The van der Waals surface area contributed by atoms with Crippen LogP contribution < -0.4 is 0 Å². The Morgan fingerprint density at radius 2 is 2.25 bits per heavy atom. The first-order valence-corrected chi connectivity index (χ1v) is 6.62. The van der Waals surface area contributed by atoms with E-state index in [9.17, 15) is 4.79 Å². The van der Waals surface area contributed by atoms with E-state index in [0.29, 0.717) is 18.9 Å². The summed E-state index contributed by atoms with van der Waals surface area (Å²) in [5, 5.41) is 0. The Morgan fingerprint density at radius 3 is 2.94 bits per heavy atom. The molecule has 1 rings (SSSR count). The van der Waals surface area contributed by atoms with Crippen molar-refractivity contribution in [3.05, 3.63) is 11.6 Å². The summed E-state index contributed by atoms with van der Waals surface area (Å²) in [6.45, 7) is 4.59. The smallest absolute Gasteiger partial charge is 0.306 e. The summed E-state index contributed by atoms with van der Waals surface area (Å²) in [5.74, 6) is 0.437. The van der Waals surface area contributed by atoms with Crippen molar-refractivity contribution in [2.75, 3.05) is 6.61 Å². The highest BCUT2D eigenvalue weighted by molar-refractivity contribution is 5.70. The molecule has 0 radical (unpaired) electrons. The Morgan fingerprint density at radius 1 is 1.44 bits per heavy atom. The molecule has 0 spiro atoms. The van der Waals surface area contributed by atoms with Gasteiger partial charge in [-0.15, -0.1) is 0 Å². The number of carbonyl (C=O) groups excluding carboxylic acids is 1. The first-order chi connectivity index (χ1) is 7.77. The van der Waals surface area contributed by atoms with Crippen LogP contribution in [0, 0.1) is 5.92 Å². The van der Waals surface area contributed by atoms with Crippen LogP contribution in [-0.2, 0) is 9.53 Å². The molecule has 92 valence electrons. The predicted octanol–water partition coefficient (Wildman–Crippen LogP) is 3.86. The van der Waals surface area contributed by atoms with Gasteiger partial charge in [-0.3, -0.25) is 4.79 Å². The van der Waals surface area contributed by atoms with Crippen molar-refractivity contribution in [2.45, 2.75) is 58.8 Å². The molecule has 1 aliphatic carbocycles. The Bertz CT molecular complexity index is 243. The Hall–Kier alpha value is -0.790. The average Bonchev–Trinajstić information content (AvgIpc) is 2.66. The minimum atomic E-state index is -0.0317. The molecule has 0 N–H and O–H groups in total. The largest absolute Gasteiger partial charge is 0.466 e. The number of carbonyl (C=O) groups is 1. The van der Waals surface area contributed by atoms with Gasteiger partial charge in [0.2, 0.25) is 0 Å². The van der Waals surface area contributed by atoms with Gasteiger partial charge in [0.15, 0.2) is 0 Å². The number of allylic oxidation sites excluding steroid dienone is 2. The van der Waals surface area contributed by atoms with Gasteiger partial charge in [-0.25, -0.2) is 0 Å². The third kappa shape index (κ3) is 4.38. The molecule has 1 atom stereocenters. The highest BCUT2D eigenvalue weighted by atomic mass is 16.5. The standard InChI is InChI=1S/C14H24O2/c1-3-5-6-8-12-9-7-10-13(12)11-14(15)16-4-2/h9,13H,3-8,10-11H2,1-2H3/t13-/m1/s1. The normalized spacial score (nSPS) is 19.6. The first kappa shape index (κ1) is 13.3. The summed E-state index contributed by atoms with van der Waals surface area (Å²) in [6, 6.07) is 0. The van der Waals surface area contributed by atoms with Gasteiger partial charge in [-0.2, -0.15) is 0 Å². The van der Waals surface area contributed by atoms with Crippen LogP contribution in [0.1, 0.15) is 58.8 Å². The van der Waals surface area contributed by atoms with Crippen LogP contribution in [0.3, 0.4) is 0 Å². The van der Waals surface area contributed by atoms with Gasteiger partial charge in [0.05, 0.1) is 13.0 Å². The first-order valence-electron chi connectivity index (χ1n) is 6.62. The van der Waals surface area contributed by atoms with Crippen LogP contribution in [0.4, 0.5) is 0 Å². The quantitative estimate of drug-likeness (QED) is 0.373. The van der Waals surface area contributed by atoms with Crippen molar-refractivity contribution in [2.24, 2.45) is 5.92 Å². The molecule has 0 bridgehead atoms. The molecule has 16 heavy (non-hydrogen) atoms. The fraction of sp³-hybridized carbons (Fsp3) is 0.786. The van der Waals surface area contributed by atoms with Crippen LogP contribution in [0.15, 0.2) is 11.6 Å². The van der Waals surface area contributed by atoms with Gasteiger partial charge >= 0.3 is 5.97 Å². The van der Waals surface area contributed by atoms with E-state index in [1.807, 2.05) is 6.92 Å². The summed E-state index contributed by atoms with van der Waals surface area (Å²) in [7, 11) is 0. The highest BCUT2D eigenvalue weighted by Crippen LogP contribution is 2.32. The summed E-state index contributed by atoms with van der Waals surface area (Å²) >= 11 is 0. The SMILES string of the molecule is CCCCCC1=CCC[C@@H]1CC(=O)OCC. The van der Waals surface area contributed by atoms with E-state index in [1.54, 1.807) is 0 Å². The summed E-state index contributed by atoms with van der Waals surface area (Å²) in [4.78, 5) is 11.4. The summed E-state index contributed by atoms with van der Waals surface area (Å²) in [6.07, 6.45) is 10.2. The zero-order chi connectivity index (χ0) is 11.8. The molecule has 2 heteroatoms. The number of esters is 1. The minimum absolute atomic E-state index is 0.0317. The van der Waals surface area contributed by atoms with Crippen LogP contribution >= 0.6 is 0 Å². The second-order valence-electron chi connectivity index (χ2n) is 4.52. The second kappa shape index (κ2) is 7.48. The fourth-order valence-corrected chi connectivity index (χ4v) is 2.36. The van der Waals surface area contributed by atoms with Gasteiger partial charge in [0, 0.05) is 0 Å². The fourth-order valence-electron chi connectivity index (χ4n) is 2.36. The lowest BCUT2D eigenvalue weighted by atomic mass is 9.94. The number of hydrogen-bond acceptors (Lipinski definition) is 2. The van der Waals surface area contributed by atoms with Gasteiger partial charge in [-0.05, 0) is 38.5 Å². The van der Waals surface area contributed by atoms with Gasteiger partial charge < -0.3 is 4.74 Å². The van der Waals surface area contributed by atoms with Crippen molar-refractivity contribution in [1.29, 1.82) is 0 Å². The van der Waals surface area contributed by atoms with E-state index in [1.165, 1.54) is 31.3 Å². The Kier molecular flexibility index (Phi) is 6.20. The minimum Gasteiger partial charge on any atom is -0.466 e. The van der Waals surface area contributed by atoms with Crippen molar-refractivity contribution >= 4 is 5.97 Å². The molecule has 0 aliphatic heterocycles. The van der Waals surface area contributed by atoms with Gasteiger partial charge in [-0.1, -0.05) is 31.4 Å². The molecule has 0 aromatic rings. The zero-order valence-electron chi connectivity index (χ0n) is 10.6. The molecule has 2 nitrogen and oxygen atoms in total. The third-order valence-electron chi connectivity index (χ3n) is 3.23. The zero-order valence-corrected chi connectivity index (χ0v) is 10.6. The van der Waals surface area contributed by atoms with Crippen LogP contribution in [0.5, 0.6) is 0 Å². The molecule has 0 saturated heterocycles. The molecular weight excluding hydrogens is 200 g/mol. The van der Waals surface area contributed by atoms with E-state index < -0.39 is 0 Å². The maximum absolute atomic E-state index is 11.4. The number of unbranched alkanes of at least 4 members (excludes halogenated alkanes) is 2. The van der Waals surface area contributed by atoms with E-state index in [4.69, 9.17) is 4.74 Å². The van der Waals surface area contributed by atoms with E-state index in [0.717, 1.165) is 12.8 Å². The topological polar surface area (TPSA) is 26.3 Å². The van der Waals surface area contributed by atoms with Crippen LogP contribution in [0.25, 0.3) is 0 Å². The molecule has 1 aliphatic rings. The highest BCUT2D eigenvalue weighted by Gasteiger charge is 2.22. The Balaban J connectivity index is 2.30. The Labute approximate surface area is 99.1 Å². The molecule has 0 aromatic carbocycles. The number of ether oxygens (including phenoxy) is 1. The van der Waals surface area contributed by atoms with Crippen molar-refractivity contribution in [3.63, 3.8) is 0 Å². The number of rotatable bonds is 7. The van der Waals surface area contributed by atoms with E-state index in [-0.39, 0.29) is 5.97 Å². The average molecular weight is 224 g/mol. The van der Waals surface area contributed by atoms with Crippen molar-refractivity contribution in [1.82, 2.24) is 0 Å². The van der Waals surface area contributed by atoms with Crippen LogP contribution in [-0.4, -0.2) is 12.6 Å². The lowest BCUT2D eigenvalue weighted by Crippen LogP contribution is -2.11. The van der Waals surface area contributed by atoms with Crippen LogP contribution in [0.2, 0.25) is 0 Å². The molecular formula is C14H24O2. The molecule has 0 unspecified atom stereocenters. The number of hydrogen-bond donors (Lipinski definition) is 0. The molecule has 0 heterocycles. The van der Waals surface area contributed by atoms with Gasteiger partial charge in [0.25, 0.3) is 0 Å². The maximum Gasteiger partial charge on any atom is 0.306 e.